The highest BCUT2D eigenvalue weighted by molar-refractivity contribution is 6.36. The number of pyridine rings is 1. The Hall–Kier alpha value is -2.33. The molecule has 2 aromatic rings. The van der Waals surface area contributed by atoms with Crippen LogP contribution in [-0.2, 0) is 4.74 Å². The fourth-order valence-electron chi connectivity index (χ4n) is 2.15. The molecule has 1 aromatic carbocycles. The summed E-state index contributed by atoms with van der Waals surface area (Å²) < 4.78 is 24.7. The number of ether oxygens (including phenoxy) is 2. The molecular weight excluding hydrogens is 382 g/mol. The summed E-state index contributed by atoms with van der Waals surface area (Å²) in [7, 11) is 1.29. The monoisotopic (exact) mass is 396 g/mol. The zero-order valence-electron chi connectivity index (χ0n) is 13.8. The highest BCUT2D eigenvalue weighted by Gasteiger charge is 2.21. The number of nitrogen functional groups attached to an aromatic ring is 1. The molecule has 26 heavy (non-hydrogen) atoms. The van der Waals surface area contributed by atoms with Gasteiger partial charge in [-0.2, -0.15) is 0 Å². The summed E-state index contributed by atoms with van der Waals surface area (Å²) in [6.07, 6.45) is 5.48. The Morgan fingerprint density at radius 1 is 1.42 bits per heavy atom. The number of carbonyl (C=O) groups is 1. The van der Waals surface area contributed by atoms with Gasteiger partial charge in [0.2, 0.25) is 5.78 Å². The fraction of sp³-hybridized carbons (Fsp3) is 0.222. The first-order chi connectivity index (χ1) is 12.4. The van der Waals surface area contributed by atoms with Crippen LogP contribution < -0.4 is 10.5 Å². The number of nitrogens with two attached hydrogens (primary N) is 1. The number of terminal acetylenes is 1. The van der Waals surface area contributed by atoms with E-state index in [-0.39, 0.29) is 51.6 Å². The summed E-state index contributed by atoms with van der Waals surface area (Å²) >= 11 is 12.0. The van der Waals surface area contributed by atoms with E-state index < -0.39 is 11.6 Å². The van der Waals surface area contributed by atoms with Gasteiger partial charge in [0.15, 0.2) is 11.6 Å². The standard InChI is InChI=1S/C18H15Cl2FN2O3/c1-3-4-7-26-9-14(24)17-15(20)12(22)8-13(23-17)10-5-6-11(19)18(25-2)16(10)21/h1,5-6,8H,4,7,9H2,2H3,(H2,22,23). The molecule has 0 aliphatic carbocycles. The number of benzene rings is 1. The van der Waals surface area contributed by atoms with Crippen LogP contribution in [0.3, 0.4) is 0 Å². The van der Waals surface area contributed by atoms with Crippen LogP contribution in [0.2, 0.25) is 10.0 Å². The van der Waals surface area contributed by atoms with E-state index in [0.29, 0.717) is 6.42 Å². The third-order valence-corrected chi connectivity index (χ3v) is 4.10. The molecule has 0 bridgehead atoms. The zero-order chi connectivity index (χ0) is 19.3. The molecule has 5 nitrogen and oxygen atoms in total. The molecule has 0 fully saturated rings. The number of nitrogens with zero attached hydrogens (tertiary/aromatic N) is 1. The molecule has 1 aromatic heterocycles. The van der Waals surface area contributed by atoms with Gasteiger partial charge < -0.3 is 15.2 Å². The number of ketones is 1. The average Bonchev–Trinajstić information content (AvgIpc) is 2.61. The van der Waals surface area contributed by atoms with E-state index in [9.17, 15) is 9.18 Å². The fourth-order valence-corrected chi connectivity index (χ4v) is 2.58. The minimum Gasteiger partial charge on any atom is -0.492 e. The van der Waals surface area contributed by atoms with Gasteiger partial charge in [-0.15, -0.1) is 12.3 Å². The van der Waals surface area contributed by atoms with Gasteiger partial charge in [-0.3, -0.25) is 4.79 Å². The molecule has 0 radical (unpaired) electrons. The molecular formula is C18H15Cl2FN2O3. The summed E-state index contributed by atoms with van der Waals surface area (Å²) in [5.74, 6) is 1.03. The Kier molecular flexibility index (Phi) is 6.81. The highest BCUT2D eigenvalue weighted by Crippen LogP contribution is 2.36. The van der Waals surface area contributed by atoms with Crippen LogP contribution in [0.5, 0.6) is 5.75 Å². The predicted octanol–water partition coefficient (Wildman–Crippen LogP) is 4.01. The van der Waals surface area contributed by atoms with Crippen molar-refractivity contribution in [3.63, 3.8) is 0 Å². The van der Waals surface area contributed by atoms with Gasteiger partial charge >= 0.3 is 0 Å². The molecule has 2 rings (SSSR count). The molecule has 0 unspecified atom stereocenters. The Labute approximate surface area is 160 Å². The lowest BCUT2D eigenvalue weighted by Gasteiger charge is -2.12. The van der Waals surface area contributed by atoms with Crippen molar-refractivity contribution in [2.24, 2.45) is 0 Å². The molecule has 0 saturated carbocycles. The van der Waals surface area contributed by atoms with E-state index in [1.165, 1.54) is 25.3 Å². The van der Waals surface area contributed by atoms with Crippen LogP contribution in [0.1, 0.15) is 16.9 Å². The maximum absolute atomic E-state index is 14.6. The van der Waals surface area contributed by atoms with E-state index in [1.54, 1.807) is 0 Å². The van der Waals surface area contributed by atoms with E-state index in [4.69, 9.17) is 44.8 Å². The van der Waals surface area contributed by atoms with E-state index in [2.05, 4.69) is 10.9 Å². The maximum Gasteiger partial charge on any atom is 0.208 e. The number of carbonyl (C=O) groups excluding carboxylic acids is 1. The molecule has 0 aliphatic heterocycles. The number of hydrogen-bond donors (Lipinski definition) is 1. The minimum atomic E-state index is -0.724. The molecule has 2 N–H and O–H groups in total. The van der Waals surface area contributed by atoms with Crippen molar-refractivity contribution in [1.82, 2.24) is 4.98 Å². The Morgan fingerprint density at radius 3 is 2.81 bits per heavy atom. The first-order valence-electron chi connectivity index (χ1n) is 7.43. The van der Waals surface area contributed by atoms with Gasteiger partial charge in [0.25, 0.3) is 0 Å². The first kappa shape index (κ1) is 20.0. The van der Waals surface area contributed by atoms with Crippen LogP contribution in [0.4, 0.5) is 10.1 Å². The SMILES string of the molecule is C#CCCOCC(=O)c1nc(-c2ccc(Cl)c(OC)c2F)cc(N)c1Cl. The number of aromatic nitrogens is 1. The zero-order valence-corrected chi connectivity index (χ0v) is 15.3. The molecule has 136 valence electrons. The second-order valence-corrected chi connectivity index (χ2v) is 5.92. The van der Waals surface area contributed by atoms with Gasteiger partial charge in [0, 0.05) is 12.0 Å². The third-order valence-electron chi connectivity index (χ3n) is 3.40. The number of methoxy groups -OCH3 is 1. The molecule has 0 amide bonds. The maximum atomic E-state index is 14.6. The van der Waals surface area contributed by atoms with Gasteiger partial charge in [-0.25, -0.2) is 9.37 Å². The second-order valence-electron chi connectivity index (χ2n) is 5.13. The van der Waals surface area contributed by atoms with Crippen molar-refractivity contribution < 1.29 is 18.7 Å². The van der Waals surface area contributed by atoms with Crippen molar-refractivity contribution in [2.75, 3.05) is 26.1 Å². The van der Waals surface area contributed by atoms with E-state index >= 15 is 0 Å². The lowest BCUT2D eigenvalue weighted by Crippen LogP contribution is -2.13. The van der Waals surface area contributed by atoms with Gasteiger partial charge in [0.05, 0.1) is 35.1 Å². The molecule has 0 atom stereocenters. The van der Waals surface area contributed by atoms with E-state index in [1.807, 2.05) is 0 Å². The molecule has 1 heterocycles. The largest absolute Gasteiger partial charge is 0.492 e. The Balaban J connectivity index is 2.42. The van der Waals surface area contributed by atoms with Crippen LogP contribution in [0.25, 0.3) is 11.3 Å². The predicted molar refractivity (Wildman–Crippen MR) is 99.2 cm³/mol. The van der Waals surface area contributed by atoms with Crippen molar-refractivity contribution in [2.45, 2.75) is 6.42 Å². The summed E-state index contributed by atoms with van der Waals surface area (Å²) in [5, 5.41) is 0.0783. The van der Waals surface area contributed by atoms with Gasteiger partial charge in [-0.1, -0.05) is 23.2 Å². The number of halogens is 3. The number of rotatable bonds is 7. The summed E-state index contributed by atoms with van der Waals surface area (Å²) in [6.45, 7) is -0.0538. The van der Waals surface area contributed by atoms with Crippen LogP contribution in [0, 0.1) is 18.2 Å². The molecule has 0 spiro atoms. The highest BCUT2D eigenvalue weighted by atomic mass is 35.5. The number of hydrogen-bond acceptors (Lipinski definition) is 5. The Bertz CT molecular complexity index is 882. The smallest absolute Gasteiger partial charge is 0.208 e. The lowest BCUT2D eigenvalue weighted by molar-refractivity contribution is 0.0766. The number of anilines is 1. The number of Topliss-reactive ketones (excluding diaryl/α,β-unsaturated/α-hetero) is 1. The normalized spacial score (nSPS) is 10.4. The van der Waals surface area contributed by atoms with Crippen molar-refractivity contribution in [1.29, 1.82) is 0 Å². The van der Waals surface area contributed by atoms with Crippen LogP contribution in [0.15, 0.2) is 18.2 Å². The Morgan fingerprint density at radius 2 is 2.15 bits per heavy atom. The minimum absolute atomic E-state index is 0.0272. The summed E-state index contributed by atoms with van der Waals surface area (Å²) in [5.41, 5.74) is 6.00. The first-order valence-corrected chi connectivity index (χ1v) is 8.19. The van der Waals surface area contributed by atoms with Crippen molar-refractivity contribution >= 4 is 34.7 Å². The van der Waals surface area contributed by atoms with E-state index in [0.717, 1.165) is 0 Å². The summed E-state index contributed by atoms with van der Waals surface area (Å²) in [4.78, 5) is 16.5. The van der Waals surface area contributed by atoms with Crippen LogP contribution >= 0.6 is 23.2 Å². The quantitative estimate of drug-likeness (QED) is 0.434. The van der Waals surface area contributed by atoms with Crippen molar-refractivity contribution in [3.8, 4) is 29.4 Å². The van der Waals surface area contributed by atoms with Gasteiger partial charge in [0.1, 0.15) is 12.3 Å². The molecule has 0 saturated heterocycles. The average molecular weight is 397 g/mol. The second kappa shape index (κ2) is 8.86. The van der Waals surface area contributed by atoms with Gasteiger partial charge in [-0.05, 0) is 18.2 Å². The van der Waals surface area contributed by atoms with Crippen LogP contribution in [-0.4, -0.2) is 31.1 Å². The molecule has 0 aliphatic rings. The third kappa shape index (κ3) is 4.25. The molecule has 8 heteroatoms. The van der Waals surface area contributed by atoms with Crippen molar-refractivity contribution in [3.05, 3.63) is 39.8 Å². The topological polar surface area (TPSA) is 74.4 Å². The summed E-state index contributed by atoms with van der Waals surface area (Å²) in [6, 6.07) is 4.23. The lowest BCUT2D eigenvalue weighted by atomic mass is 10.1.